The van der Waals surface area contributed by atoms with Crippen molar-refractivity contribution in [2.45, 2.75) is 37.1 Å². The molecule has 3 aromatic carbocycles. The average molecular weight is 613 g/mol. The summed E-state index contributed by atoms with van der Waals surface area (Å²) in [6.45, 7) is 1.87. The number of nitro benzene ring substituents is 2. The molecule has 1 atom stereocenters. The lowest BCUT2D eigenvalue weighted by atomic mass is 10.0. The Bertz CT molecular complexity index is 1570. The lowest BCUT2D eigenvalue weighted by Gasteiger charge is -2.29. The largest absolute Gasteiger partial charge is 0.469 e. The molecule has 0 radical (unpaired) electrons. The molecule has 1 unspecified atom stereocenters. The Morgan fingerprint density at radius 3 is 2.12 bits per heavy atom. The van der Waals surface area contributed by atoms with Gasteiger partial charge in [0.25, 0.3) is 11.4 Å². The highest BCUT2D eigenvalue weighted by Gasteiger charge is 2.36. The first-order valence-corrected chi connectivity index (χ1v) is 15.0. The quantitative estimate of drug-likeness (QED) is 0.117. The highest BCUT2D eigenvalue weighted by Crippen LogP contribution is 2.36. The second-order valence-electron chi connectivity index (χ2n) is 9.93. The van der Waals surface area contributed by atoms with Crippen molar-refractivity contribution < 1.29 is 32.5 Å². The zero-order valence-corrected chi connectivity index (χ0v) is 24.6. The van der Waals surface area contributed by atoms with E-state index in [1.807, 2.05) is 24.3 Å². The monoisotopic (exact) mass is 612 g/mol. The van der Waals surface area contributed by atoms with Crippen LogP contribution < -0.4 is 4.90 Å². The molecule has 0 bridgehead atoms. The van der Waals surface area contributed by atoms with Crippen molar-refractivity contribution in [2.24, 2.45) is 0 Å². The molecule has 1 heterocycles. The van der Waals surface area contributed by atoms with Gasteiger partial charge in [0.05, 0.1) is 42.7 Å². The van der Waals surface area contributed by atoms with E-state index in [1.54, 1.807) is 0 Å². The molecule has 0 amide bonds. The van der Waals surface area contributed by atoms with Crippen LogP contribution in [-0.4, -0.2) is 68.0 Å². The van der Waals surface area contributed by atoms with E-state index in [2.05, 4.69) is 29.2 Å². The third-order valence-electron chi connectivity index (χ3n) is 7.26. The summed E-state index contributed by atoms with van der Waals surface area (Å²) in [5.74, 6) is -0.676. The standard InChI is InChI=1S/C29H32N4O9S/c1-21(19-29(34)41-2)31(43(39,40)28-14-13-24(32(35)36)20-27(28)33(37)38)16-18-42-17-15-30-25-9-5-3-7-22(25)11-12-23-8-4-6-10-26(23)30/h3-10,13-14,20-21H,11-12,15-19H2,1-2H3. The van der Waals surface area contributed by atoms with Gasteiger partial charge >= 0.3 is 5.97 Å². The first kappa shape index (κ1) is 31.5. The van der Waals surface area contributed by atoms with Crippen LogP contribution in [0.3, 0.4) is 0 Å². The molecule has 0 fully saturated rings. The number of sulfonamides is 1. The summed E-state index contributed by atoms with van der Waals surface area (Å²) in [5.41, 5.74) is 2.98. The lowest BCUT2D eigenvalue weighted by Crippen LogP contribution is -2.42. The number of non-ortho nitro benzene ring substituents is 1. The Hall–Kier alpha value is -4.40. The van der Waals surface area contributed by atoms with E-state index in [0.29, 0.717) is 12.6 Å². The third-order valence-corrected chi connectivity index (χ3v) is 9.32. The van der Waals surface area contributed by atoms with Gasteiger partial charge in [-0.25, -0.2) is 8.42 Å². The van der Waals surface area contributed by atoms with Crippen LogP contribution >= 0.6 is 0 Å². The molecule has 0 spiro atoms. The molecule has 1 aliphatic rings. The van der Waals surface area contributed by atoms with Gasteiger partial charge in [-0.1, -0.05) is 36.4 Å². The van der Waals surface area contributed by atoms with Crippen molar-refractivity contribution in [2.75, 3.05) is 38.3 Å². The SMILES string of the molecule is COC(=O)CC(C)N(CCOCCN1c2ccccc2CCc2ccccc21)S(=O)(=O)c1ccc([N+](=O)[O-])cc1[N+](=O)[O-]. The number of methoxy groups -OCH3 is 1. The van der Waals surface area contributed by atoms with E-state index in [4.69, 9.17) is 9.47 Å². The van der Waals surface area contributed by atoms with Crippen LogP contribution in [0.4, 0.5) is 22.7 Å². The van der Waals surface area contributed by atoms with Crippen LogP contribution in [0.5, 0.6) is 0 Å². The molecule has 4 rings (SSSR count). The molecule has 0 saturated heterocycles. The summed E-state index contributed by atoms with van der Waals surface area (Å²) >= 11 is 0. The first-order valence-electron chi connectivity index (χ1n) is 13.6. The van der Waals surface area contributed by atoms with Crippen LogP contribution in [-0.2, 0) is 37.1 Å². The fourth-order valence-electron chi connectivity index (χ4n) is 5.13. The first-order chi connectivity index (χ1) is 20.5. The molecule has 0 aromatic heterocycles. The van der Waals surface area contributed by atoms with Crippen LogP contribution in [0, 0.1) is 20.2 Å². The number of para-hydroxylation sites is 2. The maximum absolute atomic E-state index is 13.7. The van der Waals surface area contributed by atoms with E-state index in [1.165, 1.54) is 18.1 Å². The number of ether oxygens (including phenoxy) is 2. The summed E-state index contributed by atoms with van der Waals surface area (Å²) < 4.78 is 38.9. The summed E-state index contributed by atoms with van der Waals surface area (Å²) in [5, 5.41) is 22.9. The predicted octanol–water partition coefficient (Wildman–Crippen LogP) is 4.40. The number of carbonyl (C=O) groups is 1. The van der Waals surface area contributed by atoms with Crippen molar-refractivity contribution >= 4 is 38.7 Å². The Labute approximate surface area is 249 Å². The van der Waals surface area contributed by atoms with E-state index in [-0.39, 0.29) is 26.2 Å². The second kappa shape index (κ2) is 13.7. The molecule has 228 valence electrons. The number of nitro groups is 2. The van der Waals surface area contributed by atoms with Gasteiger partial charge in [-0.15, -0.1) is 0 Å². The molecule has 0 saturated carbocycles. The molecular formula is C29H32N4O9S. The van der Waals surface area contributed by atoms with Crippen LogP contribution in [0.15, 0.2) is 71.6 Å². The second-order valence-corrected chi connectivity index (χ2v) is 11.8. The molecule has 0 aliphatic carbocycles. The number of carbonyl (C=O) groups excluding carboxylic acids is 1. The zero-order valence-electron chi connectivity index (χ0n) is 23.7. The Balaban J connectivity index is 1.53. The lowest BCUT2D eigenvalue weighted by molar-refractivity contribution is -0.396. The van der Waals surface area contributed by atoms with Crippen molar-refractivity contribution in [3.8, 4) is 0 Å². The number of hydrogen-bond acceptors (Lipinski definition) is 10. The average Bonchev–Trinajstić information content (AvgIpc) is 3.15. The van der Waals surface area contributed by atoms with Crippen LogP contribution in [0.2, 0.25) is 0 Å². The Morgan fingerprint density at radius 2 is 1.56 bits per heavy atom. The highest BCUT2D eigenvalue weighted by atomic mass is 32.2. The van der Waals surface area contributed by atoms with Gasteiger partial charge < -0.3 is 14.4 Å². The highest BCUT2D eigenvalue weighted by molar-refractivity contribution is 7.89. The van der Waals surface area contributed by atoms with Crippen LogP contribution in [0.25, 0.3) is 0 Å². The molecule has 13 nitrogen and oxygen atoms in total. The fourth-order valence-corrected chi connectivity index (χ4v) is 6.89. The van der Waals surface area contributed by atoms with Gasteiger partial charge in [-0.3, -0.25) is 25.0 Å². The van der Waals surface area contributed by atoms with Gasteiger partial charge in [0.15, 0.2) is 4.90 Å². The number of benzene rings is 3. The molecular weight excluding hydrogens is 580 g/mol. The number of hydrogen-bond donors (Lipinski definition) is 0. The van der Waals surface area contributed by atoms with E-state index < -0.39 is 48.2 Å². The number of esters is 1. The van der Waals surface area contributed by atoms with Crippen molar-refractivity contribution in [3.05, 3.63) is 98.1 Å². The summed E-state index contributed by atoms with van der Waals surface area (Å²) in [6, 6.07) is 17.6. The van der Waals surface area contributed by atoms with Crippen molar-refractivity contribution in [3.63, 3.8) is 0 Å². The minimum absolute atomic E-state index is 0.0807. The van der Waals surface area contributed by atoms with E-state index >= 15 is 0 Å². The summed E-state index contributed by atoms with van der Waals surface area (Å²) in [6.07, 6.45) is 1.46. The summed E-state index contributed by atoms with van der Waals surface area (Å²) in [7, 11) is -3.43. The number of fused-ring (bicyclic) bond motifs is 2. The van der Waals surface area contributed by atoms with Crippen molar-refractivity contribution in [1.29, 1.82) is 0 Å². The maximum atomic E-state index is 13.7. The van der Waals surface area contributed by atoms with Crippen LogP contribution in [0.1, 0.15) is 24.5 Å². The van der Waals surface area contributed by atoms with E-state index in [0.717, 1.165) is 47.8 Å². The number of nitrogens with zero attached hydrogens (tertiary/aromatic N) is 4. The maximum Gasteiger partial charge on any atom is 0.307 e. The molecule has 3 aromatic rings. The zero-order chi connectivity index (χ0) is 31.1. The Morgan fingerprint density at radius 1 is 0.953 bits per heavy atom. The topological polar surface area (TPSA) is 162 Å². The smallest absolute Gasteiger partial charge is 0.307 e. The fraction of sp³-hybridized carbons (Fsp3) is 0.345. The van der Waals surface area contributed by atoms with Crippen molar-refractivity contribution in [1.82, 2.24) is 4.31 Å². The Kier molecular flexibility index (Phi) is 10.1. The summed E-state index contributed by atoms with van der Waals surface area (Å²) in [4.78, 5) is 34.5. The van der Waals surface area contributed by atoms with E-state index in [9.17, 15) is 33.4 Å². The number of aryl methyl sites for hydroxylation is 2. The molecule has 1 aliphatic heterocycles. The third kappa shape index (κ3) is 7.16. The number of rotatable bonds is 13. The minimum Gasteiger partial charge on any atom is -0.469 e. The van der Waals surface area contributed by atoms with Gasteiger partial charge in [0, 0.05) is 36.6 Å². The molecule has 14 heteroatoms. The molecule has 43 heavy (non-hydrogen) atoms. The molecule has 0 N–H and O–H groups in total. The number of anilines is 2. The van der Waals surface area contributed by atoms with Gasteiger partial charge in [-0.05, 0) is 49.1 Å². The van der Waals surface area contributed by atoms with Gasteiger partial charge in [0.2, 0.25) is 10.0 Å². The minimum atomic E-state index is -4.59. The van der Waals surface area contributed by atoms with Gasteiger partial charge in [-0.2, -0.15) is 4.31 Å². The van der Waals surface area contributed by atoms with Gasteiger partial charge in [0.1, 0.15) is 0 Å². The predicted molar refractivity (Wildman–Crippen MR) is 158 cm³/mol. The normalized spacial score (nSPS) is 13.5.